The van der Waals surface area contributed by atoms with Crippen LogP contribution < -0.4 is 15.6 Å². The van der Waals surface area contributed by atoms with Crippen molar-refractivity contribution in [3.63, 3.8) is 0 Å². The largest absolute Gasteiger partial charge is 0.482 e. The molecule has 7 heteroatoms. The first-order valence-electron chi connectivity index (χ1n) is 8.26. The van der Waals surface area contributed by atoms with Crippen molar-refractivity contribution in [2.75, 3.05) is 18.6 Å². The van der Waals surface area contributed by atoms with Crippen LogP contribution in [0.1, 0.15) is 29.4 Å². The van der Waals surface area contributed by atoms with Gasteiger partial charge in [-0.1, -0.05) is 37.3 Å². The molecular formula is C18H21N3O4. The quantitative estimate of drug-likeness (QED) is 0.822. The van der Waals surface area contributed by atoms with Crippen LogP contribution in [0.25, 0.3) is 0 Å². The number of carbonyl (C=O) groups excluding carboxylic acids is 1. The van der Waals surface area contributed by atoms with Crippen molar-refractivity contribution in [1.29, 1.82) is 0 Å². The van der Waals surface area contributed by atoms with Gasteiger partial charge in [-0.15, -0.1) is 0 Å². The molecule has 1 atom stereocenters. The number of carbonyl (C=O) groups is 1. The summed E-state index contributed by atoms with van der Waals surface area (Å²) in [6.07, 6.45) is 1.68. The van der Waals surface area contributed by atoms with Crippen LogP contribution in [-0.2, 0) is 6.61 Å². The summed E-state index contributed by atoms with van der Waals surface area (Å²) in [6.45, 7) is 2.38. The fourth-order valence-electron chi connectivity index (χ4n) is 2.84. The van der Waals surface area contributed by atoms with Gasteiger partial charge in [-0.2, -0.15) is 0 Å². The molecule has 0 spiro atoms. The third-order valence-electron chi connectivity index (χ3n) is 4.05. The van der Waals surface area contributed by atoms with Gasteiger partial charge in [-0.25, -0.2) is 0 Å². The number of hydrogen-bond donors (Lipinski definition) is 2. The van der Waals surface area contributed by atoms with Crippen LogP contribution in [-0.4, -0.2) is 39.9 Å². The monoisotopic (exact) mass is 343 g/mol. The van der Waals surface area contributed by atoms with E-state index in [-0.39, 0.29) is 36.0 Å². The third-order valence-corrected chi connectivity index (χ3v) is 4.05. The van der Waals surface area contributed by atoms with E-state index >= 15 is 0 Å². The molecule has 0 unspecified atom stereocenters. The third kappa shape index (κ3) is 3.36. The number of nitrogens with zero attached hydrogens (tertiary/aromatic N) is 2. The van der Waals surface area contributed by atoms with Crippen LogP contribution in [0.5, 0.6) is 5.75 Å². The highest BCUT2D eigenvalue weighted by molar-refractivity contribution is 5.96. The number of amides is 1. The van der Waals surface area contributed by atoms with E-state index in [1.807, 2.05) is 37.3 Å². The Morgan fingerprint density at radius 2 is 1.96 bits per heavy atom. The van der Waals surface area contributed by atoms with Crippen molar-refractivity contribution < 1.29 is 14.6 Å². The molecule has 1 aromatic carbocycles. The molecule has 2 N–H and O–H groups in total. The lowest BCUT2D eigenvalue weighted by molar-refractivity contribution is 0.0546. The van der Waals surface area contributed by atoms with Crippen LogP contribution >= 0.6 is 0 Å². The molecule has 1 aromatic heterocycles. The van der Waals surface area contributed by atoms with Crippen LogP contribution in [0.4, 0.5) is 0 Å². The molecule has 0 saturated carbocycles. The molecule has 0 bridgehead atoms. The van der Waals surface area contributed by atoms with Crippen molar-refractivity contribution in [3.05, 3.63) is 64.1 Å². The summed E-state index contributed by atoms with van der Waals surface area (Å²) in [4.78, 5) is 26.7. The number of hydrogen-bond acceptors (Lipinski definition) is 5. The highest BCUT2D eigenvalue weighted by atomic mass is 16.5. The lowest BCUT2D eigenvalue weighted by atomic mass is 10.2. The zero-order valence-electron chi connectivity index (χ0n) is 14.0. The Labute approximate surface area is 145 Å². The van der Waals surface area contributed by atoms with Crippen molar-refractivity contribution in [2.45, 2.75) is 26.1 Å². The van der Waals surface area contributed by atoms with Crippen LogP contribution in [0.2, 0.25) is 0 Å². The van der Waals surface area contributed by atoms with Crippen molar-refractivity contribution in [1.82, 2.24) is 9.58 Å². The van der Waals surface area contributed by atoms with Gasteiger partial charge < -0.3 is 20.2 Å². The van der Waals surface area contributed by atoms with Crippen molar-refractivity contribution in [3.8, 4) is 5.75 Å². The van der Waals surface area contributed by atoms with Gasteiger partial charge in [-0.3, -0.25) is 14.3 Å². The van der Waals surface area contributed by atoms with E-state index in [2.05, 4.69) is 5.43 Å². The Bertz CT molecular complexity index is 804. The van der Waals surface area contributed by atoms with E-state index in [4.69, 9.17) is 4.74 Å². The van der Waals surface area contributed by atoms with E-state index in [1.54, 1.807) is 0 Å². The molecule has 0 saturated heterocycles. The van der Waals surface area contributed by atoms with Crippen LogP contribution in [0.15, 0.2) is 47.4 Å². The molecule has 25 heavy (non-hydrogen) atoms. The fraction of sp³-hybridized carbons (Fsp3) is 0.333. The first-order chi connectivity index (χ1) is 12.2. The second-order valence-corrected chi connectivity index (χ2v) is 5.83. The maximum Gasteiger partial charge on any atom is 0.278 e. The lowest BCUT2D eigenvalue weighted by Crippen LogP contribution is -2.55. The highest BCUT2D eigenvalue weighted by Crippen LogP contribution is 2.22. The van der Waals surface area contributed by atoms with Crippen molar-refractivity contribution in [2.24, 2.45) is 0 Å². The minimum Gasteiger partial charge on any atom is -0.482 e. The zero-order chi connectivity index (χ0) is 17.8. The van der Waals surface area contributed by atoms with Gasteiger partial charge in [0.2, 0.25) is 5.43 Å². The minimum atomic E-state index is -0.538. The Balaban J connectivity index is 1.95. The van der Waals surface area contributed by atoms with Gasteiger partial charge in [0.15, 0.2) is 11.4 Å². The van der Waals surface area contributed by atoms with Gasteiger partial charge in [0.1, 0.15) is 12.8 Å². The normalized spacial score (nSPS) is 16.3. The van der Waals surface area contributed by atoms with Gasteiger partial charge in [-0.05, 0) is 12.0 Å². The second-order valence-electron chi connectivity index (χ2n) is 5.83. The van der Waals surface area contributed by atoms with E-state index in [9.17, 15) is 14.7 Å². The molecule has 132 valence electrons. The number of benzene rings is 1. The first kappa shape index (κ1) is 17.0. The van der Waals surface area contributed by atoms with Gasteiger partial charge in [0.05, 0.1) is 6.61 Å². The summed E-state index contributed by atoms with van der Waals surface area (Å²) < 4.78 is 7.16. The Morgan fingerprint density at radius 3 is 2.64 bits per heavy atom. The summed E-state index contributed by atoms with van der Waals surface area (Å²) in [5, 5.41) is 9.54. The number of aromatic nitrogens is 1. The fourth-order valence-corrected chi connectivity index (χ4v) is 2.84. The number of nitrogens with one attached hydrogen (secondary N) is 1. The van der Waals surface area contributed by atoms with Crippen LogP contribution in [0.3, 0.4) is 0 Å². The molecule has 0 radical (unpaired) electrons. The van der Waals surface area contributed by atoms with Gasteiger partial charge >= 0.3 is 0 Å². The Morgan fingerprint density at radius 1 is 1.20 bits per heavy atom. The predicted molar refractivity (Wildman–Crippen MR) is 93.0 cm³/mol. The molecule has 1 aliphatic rings. The molecule has 2 aromatic rings. The average Bonchev–Trinajstić information content (AvgIpc) is 2.64. The molecule has 0 aliphatic carbocycles. The molecule has 7 nitrogen and oxygen atoms in total. The Hall–Kier alpha value is -2.80. The highest BCUT2D eigenvalue weighted by Gasteiger charge is 2.34. The molecule has 1 amide bonds. The van der Waals surface area contributed by atoms with E-state index in [0.717, 1.165) is 12.0 Å². The average molecular weight is 343 g/mol. The zero-order valence-corrected chi connectivity index (χ0v) is 14.0. The summed E-state index contributed by atoms with van der Waals surface area (Å²) in [6, 6.07) is 10.8. The summed E-state index contributed by atoms with van der Waals surface area (Å²) >= 11 is 0. The summed E-state index contributed by atoms with van der Waals surface area (Å²) in [5.41, 5.74) is 3.74. The maximum atomic E-state index is 12.9. The number of aliphatic hydroxyl groups excluding tert-OH is 1. The van der Waals surface area contributed by atoms with E-state index in [0.29, 0.717) is 6.54 Å². The van der Waals surface area contributed by atoms with Crippen LogP contribution in [0, 0.1) is 0 Å². The second kappa shape index (κ2) is 7.40. The summed E-state index contributed by atoms with van der Waals surface area (Å²) in [7, 11) is 0. The topological polar surface area (TPSA) is 83.8 Å². The molecule has 1 aliphatic heterocycles. The first-order valence-corrected chi connectivity index (χ1v) is 8.26. The maximum absolute atomic E-state index is 12.9. The number of ether oxygens (including phenoxy) is 1. The van der Waals surface area contributed by atoms with E-state index < -0.39 is 6.17 Å². The summed E-state index contributed by atoms with van der Waals surface area (Å²) in [5.74, 6) is -0.318. The SMILES string of the molecule is CCCN1C(=O)c2c(OCc3ccccc3)c(=O)ccn2N[C@@H]1CO. The molecule has 0 fully saturated rings. The minimum absolute atomic E-state index is 0.0151. The van der Waals surface area contributed by atoms with E-state index in [1.165, 1.54) is 21.8 Å². The molecule has 2 heterocycles. The Kier molecular flexibility index (Phi) is 5.04. The molecular weight excluding hydrogens is 322 g/mol. The number of pyridine rings is 1. The lowest BCUT2D eigenvalue weighted by Gasteiger charge is -2.38. The predicted octanol–water partition coefficient (Wildman–Crippen LogP) is 1.15. The standard InChI is InChI=1S/C18H21N3O4/c1-2-9-20-15(11-22)19-21-10-8-14(23)17(16(21)18(20)24)25-12-13-6-4-3-5-7-13/h3-8,10,15,19,22H,2,9,11-12H2,1H3/t15-/m0/s1. The van der Waals surface area contributed by atoms with Gasteiger partial charge in [0, 0.05) is 18.8 Å². The number of rotatable bonds is 6. The smallest absolute Gasteiger partial charge is 0.278 e. The number of aliphatic hydroxyl groups is 1. The number of fused-ring (bicyclic) bond motifs is 1. The van der Waals surface area contributed by atoms with Gasteiger partial charge in [0.25, 0.3) is 5.91 Å². The molecule has 3 rings (SSSR count). The van der Waals surface area contributed by atoms with Crippen molar-refractivity contribution >= 4 is 5.91 Å².